The number of ether oxygens (including phenoxy) is 1. The maximum atomic E-state index is 12.2. The molecule has 2 rings (SSSR count). The Morgan fingerprint density at radius 3 is 2.95 bits per heavy atom. The van der Waals surface area contributed by atoms with E-state index in [1.165, 1.54) is 7.11 Å². The number of aryl methyl sites for hydroxylation is 1. The van der Waals surface area contributed by atoms with Gasteiger partial charge in [-0.2, -0.15) is 5.10 Å². The Hall–Kier alpha value is -2.50. The molecule has 2 aromatic rings. The number of amides is 1. The third kappa shape index (κ3) is 2.67. The lowest BCUT2D eigenvalue weighted by Gasteiger charge is -2.10. The molecule has 6 heteroatoms. The summed E-state index contributed by atoms with van der Waals surface area (Å²) in [6.45, 7) is 2.71. The summed E-state index contributed by atoms with van der Waals surface area (Å²) in [5, 5.41) is 6.83. The van der Waals surface area contributed by atoms with Crippen LogP contribution in [0, 0.1) is 0 Å². The van der Waals surface area contributed by atoms with Gasteiger partial charge in [0.2, 0.25) is 0 Å². The molecule has 0 spiro atoms. The molecule has 0 saturated carbocycles. The van der Waals surface area contributed by atoms with E-state index < -0.39 is 0 Å². The van der Waals surface area contributed by atoms with Gasteiger partial charge in [0.05, 0.1) is 19.0 Å². The van der Waals surface area contributed by atoms with Crippen LogP contribution in [0.4, 0.5) is 11.4 Å². The van der Waals surface area contributed by atoms with Crippen molar-refractivity contribution in [1.29, 1.82) is 0 Å². The summed E-state index contributed by atoms with van der Waals surface area (Å²) in [7, 11) is 1.50. The highest BCUT2D eigenvalue weighted by Crippen LogP contribution is 2.25. The number of hydrogen-bond acceptors (Lipinski definition) is 4. The first kappa shape index (κ1) is 12.9. The Kier molecular flexibility index (Phi) is 3.70. The van der Waals surface area contributed by atoms with E-state index in [0.717, 1.165) is 6.54 Å². The van der Waals surface area contributed by atoms with Crippen molar-refractivity contribution in [3.8, 4) is 5.75 Å². The first-order valence-electron chi connectivity index (χ1n) is 5.92. The van der Waals surface area contributed by atoms with Gasteiger partial charge in [0.25, 0.3) is 5.91 Å². The van der Waals surface area contributed by atoms with Gasteiger partial charge >= 0.3 is 0 Å². The molecule has 0 aliphatic heterocycles. The van der Waals surface area contributed by atoms with E-state index in [4.69, 9.17) is 10.5 Å². The molecule has 0 aliphatic carbocycles. The highest BCUT2D eigenvalue weighted by Gasteiger charge is 2.16. The van der Waals surface area contributed by atoms with E-state index in [1.54, 1.807) is 35.3 Å². The number of anilines is 2. The van der Waals surface area contributed by atoms with Gasteiger partial charge < -0.3 is 15.8 Å². The van der Waals surface area contributed by atoms with E-state index in [2.05, 4.69) is 10.4 Å². The molecule has 19 heavy (non-hydrogen) atoms. The van der Waals surface area contributed by atoms with Gasteiger partial charge in [-0.25, -0.2) is 0 Å². The van der Waals surface area contributed by atoms with Crippen molar-refractivity contribution in [3.05, 3.63) is 36.2 Å². The van der Waals surface area contributed by atoms with Crippen LogP contribution in [-0.4, -0.2) is 22.8 Å². The zero-order valence-electron chi connectivity index (χ0n) is 10.9. The van der Waals surface area contributed by atoms with E-state index in [9.17, 15) is 4.79 Å². The highest BCUT2D eigenvalue weighted by molar-refractivity contribution is 6.09. The average molecular weight is 260 g/mol. The van der Waals surface area contributed by atoms with Gasteiger partial charge in [0.1, 0.15) is 11.3 Å². The van der Waals surface area contributed by atoms with Crippen LogP contribution in [0.25, 0.3) is 0 Å². The fraction of sp³-hybridized carbons (Fsp3) is 0.231. The maximum absolute atomic E-state index is 12.2. The Bertz CT molecular complexity index is 592. The van der Waals surface area contributed by atoms with Crippen LogP contribution in [0.5, 0.6) is 5.75 Å². The first-order chi connectivity index (χ1) is 9.15. The van der Waals surface area contributed by atoms with Gasteiger partial charge in [-0.1, -0.05) is 6.07 Å². The summed E-state index contributed by atoms with van der Waals surface area (Å²) >= 11 is 0. The monoisotopic (exact) mass is 260 g/mol. The third-order valence-electron chi connectivity index (χ3n) is 2.72. The predicted octanol–water partition coefficient (Wildman–Crippen LogP) is 1.75. The predicted molar refractivity (Wildman–Crippen MR) is 73.3 cm³/mol. The number of carbonyl (C=O) groups is 1. The van der Waals surface area contributed by atoms with Gasteiger partial charge in [0, 0.05) is 18.4 Å². The van der Waals surface area contributed by atoms with Crippen LogP contribution in [0.15, 0.2) is 30.6 Å². The topological polar surface area (TPSA) is 82.2 Å². The molecule has 3 N–H and O–H groups in total. The standard InChI is InChI=1S/C13H16N4O2/c1-3-17-8-9(7-15-17)16-13(18)12-10(14)5-4-6-11(12)19-2/h4-8H,3,14H2,1-2H3,(H,16,18). The summed E-state index contributed by atoms with van der Waals surface area (Å²) in [6, 6.07) is 5.09. The van der Waals surface area contributed by atoms with Gasteiger partial charge in [-0.15, -0.1) is 0 Å². The number of carbonyl (C=O) groups excluding carboxylic acids is 1. The minimum atomic E-state index is -0.314. The molecule has 100 valence electrons. The van der Waals surface area contributed by atoms with Crippen molar-refractivity contribution in [2.24, 2.45) is 0 Å². The Morgan fingerprint density at radius 2 is 2.32 bits per heavy atom. The third-order valence-corrected chi connectivity index (χ3v) is 2.72. The summed E-state index contributed by atoms with van der Waals surface area (Å²) < 4.78 is 6.87. The number of rotatable bonds is 4. The first-order valence-corrected chi connectivity index (χ1v) is 5.92. The van der Waals surface area contributed by atoms with Crippen LogP contribution < -0.4 is 15.8 Å². The second kappa shape index (κ2) is 5.43. The number of methoxy groups -OCH3 is 1. The van der Waals surface area contributed by atoms with E-state index in [-0.39, 0.29) is 5.91 Å². The lowest BCUT2D eigenvalue weighted by atomic mass is 10.1. The lowest BCUT2D eigenvalue weighted by molar-refractivity contribution is 0.102. The zero-order chi connectivity index (χ0) is 13.8. The van der Waals surface area contributed by atoms with Gasteiger partial charge in [-0.05, 0) is 19.1 Å². The minimum absolute atomic E-state index is 0.314. The molecular formula is C13H16N4O2. The normalized spacial score (nSPS) is 10.2. The van der Waals surface area contributed by atoms with E-state index in [0.29, 0.717) is 22.7 Å². The molecule has 1 aromatic heterocycles. The van der Waals surface area contributed by atoms with Crippen molar-refractivity contribution in [3.63, 3.8) is 0 Å². The molecule has 0 unspecified atom stereocenters. The SMILES string of the molecule is CCn1cc(NC(=O)c2c(N)cccc2OC)cn1. The molecule has 1 amide bonds. The molecule has 0 radical (unpaired) electrons. The molecule has 0 aliphatic rings. The Balaban J connectivity index is 2.24. The molecule has 6 nitrogen and oxygen atoms in total. The minimum Gasteiger partial charge on any atom is -0.496 e. The van der Waals surface area contributed by atoms with Gasteiger partial charge in [0.15, 0.2) is 0 Å². The van der Waals surface area contributed by atoms with Crippen LogP contribution in [0.3, 0.4) is 0 Å². The fourth-order valence-corrected chi connectivity index (χ4v) is 1.76. The number of hydrogen-bond donors (Lipinski definition) is 2. The van der Waals surface area contributed by atoms with Crippen LogP contribution in [0.1, 0.15) is 17.3 Å². The Labute approximate surface area is 111 Å². The fourth-order valence-electron chi connectivity index (χ4n) is 1.76. The number of nitrogens with zero attached hydrogens (tertiary/aromatic N) is 2. The molecular weight excluding hydrogens is 244 g/mol. The van der Waals surface area contributed by atoms with Crippen molar-refractivity contribution in [2.45, 2.75) is 13.5 Å². The molecule has 0 fully saturated rings. The number of nitrogen functional groups attached to an aromatic ring is 1. The highest BCUT2D eigenvalue weighted by atomic mass is 16.5. The van der Waals surface area contributed by atoms with Crippen molar-refractivity contribution >= 4 is 17.3 Å². The van der Waals surface area contributed by atoms with Crippen LogP contribution in [-0.2, 0) is 6.54 Å². The summed E-state index contributed by atoms with van der Waals surface area (Å²) in [6.07, 6.45) is 3.34. The maximum Gasteiger partial charge on any atom is 0.261 e. The number of nitrogens with two attached hydrogens (primary N) is 1. The number of nitrogens with one attached hydrogen (secondary N) is 1. The van der Waals surface area contributed by atoms with Crippen molar-refractivity contribution < 1.29 is 9.53 Å². The van der Waals surface area contributed by atoms with Crippen LogP contribution in [0.2, 0.25) is 0 Å². The van der Waals surface area contributed by atoms with Crippen LogP contribution >= 0.6 is 0 Å². The summed E-state index contributed by atoms with van der Waals surface area (Å²) in [4.78, 5) is 12.2. The van der Waals surface area contributed by atoms with Crippen molar-refractivity contribution in [1.82, 2.24) is 9.78 Å². The second-order valence-corrected chi connectivity index (χ2v) is 3.96. The quantitative estimate of drug-likeness (QED) is 0.820. The molecule has 0 atom stereocenters. The zero-order valence-corrected chi connectivity index (χ0v) is 10.9. The molecule has 0 bridgehead atoms. The largest absolute Gasteiger partial charge is 0.496 e. The molecule has 1 aromatic carbocycles. The average Bonchev–Trinajstić information content (AvgIpc) is 2.85. The second-order valence-electron chi connectivity index (χ2n) is 3.96. The molecule has 1 heterocycles. The molecule has 0 saturated heterocycles. The van der Waals surface area contributed by atoms with E-state index in [1.807, 2.05) is 6.92 Å². The Morgan fingerprint density at radius 1 is 1.53 bits per heavy atom. The van der Waals surface area contributed by atoms with Crippen molar-refractivity contribution in [2.75, 3.05) is 18.2 Å². The smallest absolute Gasteiger partial charge is 0.261 e. The summed E-state index contributed by atoms with van der Waals surface area (Å²) in [5.74, 6) is 0.131. The van der Waals surface area contributed by atoms with E-state index >= 15 is 0 Å². The number of aromatic nitrogens is 2. The van der Waals surface area contributed by atoms with Gasteiger partial charge in [-0.3, -0.25) is 9.48 Å². The number of benzene rings is 1. The summed E-state index contributed by atoms with van der Waals surface area (Å²) in [5.41, 5.74) is 7.15. The lowest BCUT2D eigenvalue weighted by Crippen LogP contribution is -2.15.